The monoisotopic (exact) mass is 230 g/mol. The number of hydrogen-bond donors (Lipinski definition) is 1. The number of hydrogen-bond acceptors (Lipinski definition) is 4. The van der Waals surface area contributed by atoms with E-state index in [9.17, 15) is 9.90 Å². The average molecular weight is 230 g/mol. The van der Waals surface area contributed by atoms with E-state index in [1.165, 1.54) is 6.92 Å². The molecular weight excluding hydrogens is 208 g/mol. The molecule has 1 N–H and O–H groups in total. The Morgan fingerprint density at radius 2 is 2.19 bits per heavy atom. The molecule has 1 fully saturated rings. The largest absolute Gasteiger partial charge is 0.466 e. The number of aliphatic hydroxyl groups is 1. The molecule has 1 aliphatic heterocycles. The van der Waals surface area contributed by atoms with Crippen LogP contribution in [0.15, 0.2) is 0 Å². The molecule has 0 aliphatic carbocycles. The van der Waals surface area contributed by atoms with E-state index in [1.807, 2.05) is 0 Å². The lowest BCUT2D eigenvalue weighted by atomic mass is 9.89. The average Bonchev–Trinajstić information content (AvgIpc) is 2.16. The third-order valence-electron chi connectivity index (χ3n) is 2.99. The van der Waals surface area contributed by atoms with Crippen LogP contribution in [0.1, 0.15) is 40.0 Å². The lowest BCUT2D eigenvalue weighted by Gasteiger charge is -2.35. The molecule has 0 aromatic rings. The summed E-state index contributed by atoms with van der Waals surface area (Å²) in [5.41, 5.74) is -0.763. The van der Waals surface area contributed by atoms with Gasteiger partial charge in [0.2, 0.25) is 0 Å². The second-order valence-electron chi connectivity index (χ2n) is 5.05. The number of carbonyl (C=O) groups excluding carboxylic acids is 1. The maximum atomic E-state index is 10.6. The van der Waals surface area contributed by atoms with Crippen LogP contribution in [0.5, 0.6) is 0 Å². The summed E-state index contributed by atoms with van der Waals surface area (Å²) in [6.07, 6.45) is 2.67. The first-order valence-corrected chi connectivity index (χ1v) is 5.87. The Kier molecular flexibility index (Phi) is 4.74. The molecule has 0 saturated carbocycles. The minimum absolute atomic E-state index is 0.0718. The fourth-order valence-corrected chi connectivity index (χ4v) is 1.96. The van der Waals surface area contributed by atoms with Crippen LogP contribution in [0.3, 0.4) is 0 Å². The van der Waals surface area contributed by atoms with Crippen molar-refractivity contribution in [1.29, 1.82) is 0 Å². The molecule has 0 spiro atoms. The van der Waals surface area contributed by atoms with Gasteiger partial charge in [-0.25, -0.2) is 0 Å². The van der Waals surface area contributed by atoms with Gasteiger partial charge in [-0.1, -0.05) is 0 Å². The van der Waals surface area contributed by atoms with E-state index >= 15 is 0 Å². The summed E-state index contributed by atoms with van der Waals surface area (Å²) >= 11 is 0. The molecular formula is C12H22O4. The van der Waals surface area contributed by atoms with Gasteiger partial charge in [0.15, 0.2) is 0 Å². The zero-order chi connectivity index (χ0) is 12.2. The van der Waals surface area contributed by atoms with Gasteiger partial charge >= 0.3 is 5.97 Å². The molecule has 0 amide bonds. The maximum absolute atomic E-state index is 10.6. The Balaban J connectivity index is 2.19. The molecule has 0 aromatic heterocycles. The number of rotatable bonds is 4. The second-order valence-corrected chi connectivity index (χ2v) is 5.05. The van der Waals surface area contributed by atoms with E-state index in [2.05, 4.69) is 0 Å². The van der Waals surface area contributed by atoms with E-state index in [1.54, 1.807) is 13.8 Å². The zero-order valence-corrected chi connectivity index (χ0v) is 10.4. The fourth-order valence-electron chi connectivity index (χ4n) is 1.96. The van der Waals surface area contributed by atoms with Gasteiger partial charge in [0.1, 0.15) is 0 Å². The molecule has 0 aromatic carbocycles. The summed E-state index contributed by atoms with van der Waals surface area (Å²) in [5.74, 6) is 0.212. The van der Waals surface area contributed by atoms with Crippen LogP contribution in [0.25, 0.3) is 0 Å². The highest BCUT2D eigenvalue weighted by molar-refractivity contribution is 5.65. The Morgan fingerprint density at radius 1 is 1.50 bits per heavy atom. The predicted molar refractivity (Wildman–Crippen MR) is 60.0 cm³/mol. The Morgan fingerprint density at radius 3 is 2.62 bits per heavy atom. The van der Waals surface area contributed by atoms with Gasteiger partial charge in [-0.05, 0) is 39.0 Å². The van der Waals surface area contributed by atoms with Crippen molar-refractivity contribution in [2.24, 2.45) is 5.92 Å². The lowest BCUT2D eigenvalue weighted by molar-refractivity contribution is -0.143. The van der Waals surface area contributed by atoms with Crippen molar-refractivity contribution in [3.05, 3.63) is 0 Å². The van der Waals surface area contributed by atoms with E-state index in [-0.39, 0.29) is 12.1 Å². The minimum atomic E-state index is -0.763. The molecule has 0 radical (unpaired) electrons. The molecule has 1 aliphatic rings. The summed E-state index contributed by atoms with van der Waals surface area (Å²) < 4.78 is 10.5. The first kappa shape index (κ1) is 13.5. The topological polar surface area (TPSA) is 55.8 Å². The van der Waals surface area contributed by atoms with Crippen LogP contribution in [-0.2, 0) is 14.3 Å². The van der Waals surface area contributed by atoms with Crippen molar-refractivity contribution in [3.8, 4) is 0 Å². The first-order chi connectivity index (χ1) is 7.39. The molecule has 16 heavy (non-hydrogen) atoms. The van der Waals surface area contributed by atoms with Crippen molar-refractivity contribution >= 4 is 5.97 Å². The van der Waals surface area contributed by atoms with Gasteiger partial charge in [0.05, 0.1) is 24.9 Å². The first-order valence-electron chi connectivity index (χ1n) is 5.87. The van der Waals surface area contributed by atoms with Gasteiger partial charge in [-0.15, -0.1) is 0 Å². The minimum Gasteiger partial charge on any atom is -0.466 e. The van der Waals surface area contributed by atoms with Crippen LogP contribution in [-0.4, -0.2) is 36.0 Å². The summed E-state index contributed by atoms with van der Waals surface area (Å²) in [5, 5.41) is 9.78. The predicted octanol–water partition coefficient (Wildman–Crippen LogP) is 1.51. The van der Waals surface area contributed by atoms with Gasteiger partial charge in [-0.3, -0.25) is 4.79 Å². The van der Waals surface area contributed by atoms with Crippen molar-refractivity contribution in [3.63, 3.8) is 0 Å². The molecule has 1 heterocycles. The van der Waals surface area contributed by atoms with Crippen molar-refractivity contribution < 1.29 is 19.4 Å². The van der Waals surface area contributed by atoms with Crippen LogP contribution in [0.2, 0.25) is 0 Å². The maximum Gasteiger partial charge on any atom is 0.302 e. The summed E-state index contributed by atoms with van der Waals surface area (Å²) in [6, 6.07) is 0. The standard InChI is InChI=1S/C12H22O4/c1-9(13)15-7-6-10-4-5-11(16-8-10)12(2,3)14/h10-11,14H,4-8H2,1-3H3. The summed E-state index contributed by atoms with van der Waals surface area (Å²) in [6.45, 7) is 6.09. The van der Waals surface area contributed by atoms with E-state index < -0.39 is 5.60 Å². The Bertz CT molecular complexity index is 224. The SMILES string of the molecule is CC(=O)OCCC1CCC(C(C)(C)O)OC1. The highest BCUT2D eigenvalue weighted by Gasteiger charge is 2.32. The molecule has 1 saturated heterocycles. The summed E-state index contributed by atoms with van der Waals surface area (Å²) in [4.78, 5) is 10.6. The normalized spacial score (nSPS) is 26.5. The molecule has 4 heteroatoms. The van der Waals surface area contributed by atoms with E-state index in [0.29, 0.717) is 19.1 Å². The fraction of sp³-hybridized carbons (Fsp3) is 0.917. The number of carbonyl (C=O) groups is 1. The molecule has 2 atom stereocenters. The molecule has 94 valence electrons. The third-order valence-corrected chi connectivity index (χ3v) is 2.99. The van der Waals surface area contributed by atoms with Crippen LogP contribution in [0, 0.1) is 5.92 Å². The Hall–Kier alpha value is -0.610. The lowest BCUT2D eigenvalue weighted by Crippen LogP contribution is -2.42. The molecule has 2 unspecified atom stereocenters. The van der Waals surface area contributed by atoms with Crippen molar-refractivity contribution in [2.45, 2.75) is 51.7 Å². The highest BCUT2D eigenvalue weighted by Crippen LogP contribution is 2.27. The van der Waals surface area contributed by atoms with E-state index in [0.717, 1.165) is 19.3 Å². The van der Waals surface area contributed by atoms with E-state index in [4.69, 9.17) is 9.47 Å². The summed E-state index contributed by atoms with van der Waals surface area (Å²) in [7, 11) is 0. The molecule has 0 bridgehead atoms. The van der Waals surface area contributed by atoms with Crippen LogP contribution in [0.4, 0.5) is 0 Å². The zero-order valence-electron chi connectivity index (χ0n) is 10.4. The second kappa shape index (κ2) is 5.64. The molecule has 4 nitrogen and oxygen atoms in total. The van der Waals surface area contributed by atoms with Crippen molar-refractivity contribution in [2.75, 3.05) is 13.2 Å². The quantitative estimate of drug-likeness (QED) is 0.744. The number of esters is 1. The Labute approximate surface area is 96.9 Å². The van der Waals surface area contributed by atoms with Crippen LogP contribution >= 0.6 is 0 Å². The number of ether oxygens (including phenoxy) is 2. The van der Waals surface area contributed by atoms with Gasteiger partial charge in [-0.2, -0.15) is 0 Å². The van der Waals surface area contributed by atoms with Crippen molar-refractivity contribution in [1.82, 2.24) is 0 Å². The third kappa shape index (κ3) is 4.49. The highest BCUT2D eigenvalue weighted by atomic mass is 16.5. The smallest absolute Gasteiger partial charge is 0.302 e. The van der Waals surface area contributed by atoms with Crippen LogP contribution < -0.4 is 0 Å². The van der Waals surface area contributed by atoms with Gasteiger partial charge in [0, 0.05) is 6.92 Å². The van der Waals surface area contributed by atoms with Gasteiger partial charge in [0.25, 0.3) is 0 Å². The van der Waals surface area contributed by atoms with Gasteiger partial charge < -0.3 is 14.6 Å². The molecule has 1 rings (SSSR count).